The molecule has 6 heteroatoms. The van der Waals surface area contributed by atoms with E-state index < -0.39 is 6.10 Å². The first kappa shape index (κ1) is 18.9. The summed E-state index contributed by atoms with van der Waals surface area (Å²) in [5.74, 6) is 1.29. The van der Waals surface area contributed by atoms with Crippen molar-refractivity contribution in [1.82, 2.24) is 5.32 Å². The number of amides is 2. The van der Waals surface area contributed by atoms with Crippen LogP contribution in [0.1, 0.15) is 44.6 Å². The van der Waals surface area contributed by atoms with Crippen molar-refractivity contribution in [3.8, 4) is 5.75 Å². The first-order valence-corrected chi connectivity index (χ1v) is 8.41. The molecular weight excluding hydrogens is 320 g/mol. The summed E-state index contributed by atoms with van der Waals surface area (Å²) in [6.45, 7) is 7.70. The van der Waals surface area contributed by atoms with E-state index in [2.05, 4.69) is 10.6 Å². The number of urea groups is 1. The Bertz CT molecular complexity index is 683. The summed E-state index contributed by atoms with van der Waals surface area (Å²) in [5, 5.41) is 15.6. The molecule has 0 aliphatic carbocycles. The van der Waals surface area contributed by atoms with Gasteiger partial charge in [-0.25, -0.2) is 4.79 Å². The highest BCUT2D eigenvalue weighted by Gasteiger charge is 2.16. The van der Waals surface area contributed by atoms with Gasteiger partial charge >= 0.3 is 6.03 Å². The van der Waals surface area contributed by atoms with Crippen molar-refractivity contribution < 1.29 is 19.1 Å². The quantitative estimate of drug-likeness (QED) is 0.707. The molecule has 0 saturated heterocycles. The van der Waals surface area contributed by atoms with E-state index in [1.54, 1.807) is 18.2 Å². The van der Waals surface area contributed by atoms with Crippen molar-refractivity contribution in [3.05, 3.63) is 47.9 Å². The van der Waals surface area contributed by atoms with E-state index in [0.717, 1.165) is 11.3 Å². The van der Waals surface area contributed by atoms with Crippen molar-refractivity contribution in [3.63, 3.8) is 0 Å². The highest BCUT2D eigenvalue weighted by Crippen LogP contribution is 2.23. The minimum absolute atomic E-state index is 0.0993. The van der Waals surface area contributed by atoms with Crippen LogP contribution in [0.3, 0.4) is 0 Å². The number of nitrogens with one attached hydrogen (secondary N) is 2. The number of anilines is 1. The van der Waals surface area contributed by atoms with Gasteiger partial charge < -0.3 is 24.9 Å². The molecule has 0 fully saturated rings. The Morgan fingerprint density at radius 3 is 2.64 bits per heavy atom. The molecule has 1 aromatic carbocycles. The van der Waals surface area contributed by atoms with Gasteiger partial charge in [0.1, 0.15) is 17.6 Å². The Balaban J connectivity index is 1.86. The van der Waals surface area contributed by atoms with Crippen LogP contribution in [0.15, 0.2) is 41.0 Å². The molecule has 2 rings (SSSR count). The number of carbonyl (C=O) groups excluding carboxylic acids is 1. The molecule has 0 saturated carbocycles. The molecule has 3 N–H and O–H groups in total. The maximum atomic E-state index is 12.1. The number of furan rings is 1. The normalized spacial score (nSPS) is 13.4. The van der Waals surface area contributed by atoms with Gasteiger partial charge in [-0.05, 0) is 63.6 Å². The number of carbonyl (C=O) groups is 1. The molecule has 2 atom stereocenters. The zero-order valence-corrected chi connectivity index (χ0v) is 15.1. The van der Waals surface area contributed by atoms with Crippen LogP contribution in [0.2, 0.25) is 0 Å². The molecule has 2 unspecified atom stereocenters. The minimum atomic E-state index is -0.750. The van der Waals surface area contributed by atoms with E-state index in [4.69, 9.17) is 9.15 Å². The van der Waals surface area contributed by atoms with Crippen LogP contribution in [-0.4, -0.2) is 23.3 Å². The lowest BCUT2D eigenvalue weighted by atomic mass is 10.1. The summed E-state index contributed by atoms with van der Waals surface area (Å²) < 4.78 is 10.8. The Hall–Kier alpha value is -2.47. The molecule has 0 aliphatic rings. The summed E-state index contributed by atoms with van der Waals surface area (Å²) in [6, 6.07) is 8.39. The third-order valence-corrected chi connectivity index (χ3v) is 3.62. The maximum Gasteiger partial charge on any atom is 0.319 e. The molecule has 25 heavy (non-hydrogen) atoms. The summed E-state index contributed by atoms with van der Waals surface area (Å²) in [6.07, 6.45) is 1.22. The minimum Gasteiger partial charge on any atom is -0.491 e. The standard InChI is InChI=1S/C19H26N2O4/c1-12(2)25-17-8-7-15(10-13(17)3)21-19(23)20-14(4)11-16(22)18-6-5-9-24-18/h5-10,12,14,16,22H,11H2,1-4H3,(H2,20,21,23). The molecule has 1 aromatic heterocycles. The molecule has 0 spiro atoms. The fourth-order valence-electron chi connectivity index (χ4n) is 2.50. The zero-order valence-electron chi connectivity index (χ0n) is 15.1. The molecule has 0 aliphatic heterocycles. The first-order valence-electron chi connectivity index (χ1n) is 8.41. The fraction of sp³-hybridized carbons (Fsp3) is 0.421. The van der Waals surface area contributed by atoms with Crippen LogP contribution in [0.4, 0.5) is 10.5 Å². The van der Waals surface area contributed by atoms with Gasteiger partial charge in [0.25, 0.3) is 0 Å². The van der Waals surface area contributed by atoms with Gasteiger partial charge in [-0.2, -0.15) is 0 Å². The van der Waals surface area contributed by atoms with E-state index in [1.807, 2.05) is 39.8 Å². The lowest BCUT2D eigenvalue weighted by Gasteiger charge is -2.18. The van der Waals surface area contributed by atoms with Gasteiger partial charge in [-0.15, -0.1) is 0 Å². The monoisotopic (exact) mass is 346 g/mol. The van der Waals surface area contributed by atoms with Gasteiger partial charge in [-0.1, -0.05) is 0 Å². The Morgan fingerprint density at radius 2 is 2.04 bits per heavy atom. The first-order chi connectivity index (χ1) is 11.8. The Kier molecular flexibility index (Phi) is 6.47. The maximum absolute atomic E-state index is 12.1. The molecular formula is C19H26N2O4. The van der Waals surface area contributed by atoms with E-state index in [-0.39, 0.29) is 18.2 Å². The van der Waals surface area contributed by atoms with Crippen LogP contribution >= 0.6 is 0 Å². The molecule has 1 heterocycles. The van der Waals surface area contributed by atoms with Gasteiger partial charge in [0.15, 0.2) is 0 Å². The van der Waals surface area contributed by atoms with Crippen LogP contribution in [-0.2, 0) is 0 Å². The number of hydrogen-bond acceptors (Lipinski definition) is 4. The average Bonchev–Trinajstić information content (AvgIpc) is 3.03. The Morgan fingerprint density at radius 1 is 1.28 bits per heavy atom. The predicted octanol–water partition coefficient (Wildman–Crippen LogP) is 4.01. The lowest BCUT2D eigenvalue weighted by Crippen LogP contribution is -2.37. The molecule has 2 amide bonds. The number of rotatable bonds is 7. The van der Waals surface area contributed by atoms with Gasteiger partial charge in [0, 0.05) is 18.2 Å². The second kappa shape index (κ2) is 8.58. The van der Waals surface area contributed by atoms with Crippen molar-refractivity contribution in [2.45, 2.75) is 52.4 Å². The number of benzene rings is 1. The van der Waals surface area contributed by atoms with E-state index in [0.29, 0.717) is 17.9 Å². The number of aliphatic hydroxyl groups is 1. The number of aryl methyl sites for hydroxylation is 1. The Labute approximate surface area is 148 Å². The van der Waals surface area contributed by atoms with E-state index >= 15 is 0 Å². The van der Waals surface area contributed by atoms with Gasteiger partial charge in [0.2, 0.25) is 0 Å². The second-order valence-electron chi connectivity index (χ2n) is 6.41. The van der Waals surface area contributed by atoms with Crippen LogP contribution in [0, 0.1) is 6.92 Å². The van der Waals surface area contributed by atoms with Crippen molar-refractivity contribution in [2.24, 2.45) is 0 Å². The fourth-order valence-corrected chi connectivity index (χ4v) is 2.50. The number of aliphatic hydroxyl groups excluding tert-OH is 1. The van der Waals surface area contributed by atoms with Crippen molar-refractivity contribution in [1.29, 1.82) is 0 Å². The predicted molar refractivity (Wildman–Crippen MR) is 96.8 cm³/mol. The summed E-state index contributed by atoms with van der Waals surface area (Å²) in [7, 11) is 0. The van der Waals surface area contributed by atoms with Crippen molar-refractivity contribution >= 4 is 11.7 Å². The molecule has 0 radical (unpaired) electrons. The second-order valence-corrected chi connectivity index (χ2v) is 6.41. The largest absolute Gasteiger partial charge is 0.491 e. The molecule has 136 valence electrons. The lowest BCUT2D eigenvalue weighted by molar-refractivity contribution is 0.130. The van der Waals surface area contributed by atoms with Gasteiger partial charge in [0.05, 0.1) is 12.4 Å². The summed E-state index contributed by atoms with van der Waals surface area (Å²) in [5.41, 5.74) is 1.64. The number of ether oxygens (including phenoxy) is 1. The van der Waals surface area contributed by atoms with E-state index in [1.165, 1.54) is 6.26 Å². The van der Waals surface area contributed by atoms with Crippen LogP contribution in [0.25, 0.3) is 0 Å². The third kappa shape index (κ3) is 5.83. The highest BCUT2D eigenvalue weighted by molar-refractivity contribution is 5.89. The zero-order chi connectivity index (χ0) is 18.4. The van der Waals surface area contributed by atoms with E-state index in [9.17, 15) is 9.90 Å². The van der Waals surface area contributed by atoms with Crippen LogP contribution < -0.4 is 15.4 Å². The van der Waals surface area contributed by atoms with Crippen LogP contribution in [0.5, 0.6) is 5.75 Å². The van der Waals surface area contributed by atoms with Crippen molar-refractivity contribution in [2.75, 3.05) is 5.32 Å². The number of hydrogen-bond donors (Lipinski definition) is 3. The summed E-state index contributed by atoms with van der Waals surface area (Å²) >= 11 is 0. The molecule has 2 aromatic rings. The smallest absolute Gasteiger partial charge is 0.319 e. The van der Waals surface area contributed by atoms with Gasteiger partial charge in [-0.3, -0.25) is 0 Å². The third-order valence-electron chi connectivity index (χ3n) is 3.62. The highest BCUT2D eigenvalue weighted by atomic mass is 16.5. The average molecular weight is 346 g/mol. The topological polar surface area (TPSA) is 83.7 Å². The summed E-state index contributed by atoms with van der Waals surface area (Å²) in [4.78, 5) is 12.1. The SMILES string of the molecule is Cc1cc(NC(=O)NC(C)CC(O)c2ccco2)ccc1OC(C)C. The molecule has 6 nitrogen and oxygen atoms in total. The molecule has 0 bridgehead atoms.